The Hall–Kier alpha value is -6.84. The zero-order valence-electron chi connectivity index (χ0n) is 37.8. The van der Waals surface area contributed by atoms with Gasteiger partial charge in [0.15, 0.2) is 24.0 Å². The van der Waals surface area contributed by atoms with Crippen molar-refractivity contribution in [1.29, 1.82) is 0 Å². The van der Waals surface area contributed by atoms with E-state index >= 15 is 0 Å². The van der Waals surface area contributed by atoms with Gasteiger partial charge in [-0.15, -0.1) is 0 Å². The number of likely N-dealkylation sites (tertiary alicyclic amines) is 1. The number of hydrogen-bond donors (Lipinski definition) is 5. The van der Waals surface area contributed by atoms with Gasteiger partial charge in [0.05, 0.1) is 23.0 Å². The Balaban J connectivity index is 0.665. The van der Waals surface area contributed by atoms with E-state index in [-0.39, 0.29) is 65.6 Å². The van der Waals surface area contributed by atoms with Gasteiger partial charge in [0, 0.05) is 87.6 Å². The number of piperidine rings is 1. The summed E-state index contributed by atoms with van der Waals surface area (Å²) in [6, 6.07) is 20.3. The molecule has 354 valence electrons. The first-order valence-corrected chi connectivity index (χ1v) is 23.6. The van der Waals surface area contributed by atoms with Crippen molar-refractivity contribution < 1.29 is 48.2 Å². The van der Waals surface area contributed by atoms with Crippen molar-refractivity contribution in [2.75, 3.05) is 44.2 Å². The topological polar surface area (TPSA) is 221 Å². The Morgan fingerprint density at radius 1 is 0.731 bits per heavy atom. The van der Waals surface area contributed by atoms with Crippen LogP contribution in [-0.4, -0.2) is 108 Å². The van der Waals surface area contributed by atoms with Crippen LogP contribution in [0, 0.1) is 11.8 Å². The van der Waals surface area contributed by atoms with Crippen LogP contribution in [0.5, 0.6) is 11.5 Å². The highest BCUT2D eigenvalue weighted by Crippen LogP contribution is 2.39. The number of aromatic hydroxyl groups is 1. The minimum atomic E-state index is -1.21. The number of piperazine rings is 1. The fourth-order valence-electron chi connectivity index (χ4n) is 9.47. The van der Waals surface area contributed by atoms with Gasteiger partial charge in [-0.2, -0.15) is 0 Å². The minimum absolute atomic E-state index is 0.0139. The van der Waals surface area contributed by atoms with Crippen LogP contribution in [0.4, 0.5) is 5.69 Å². The second kappa shape index (κ2) is 23.1. The van der Waals surface area contributed by atoms with E-state index in [4.69, 9.17) is 4.74 Å². The lowest BCUT2D eigenvalue weighted by Crippen LogP contribution is -2.46. The first kappa shape index (κ1) is 48.1. The van der Waals surface area contributed by atoms with Gasteiger partial charge in [0.1, 0.15) is 11.5 Å². The number of allylic oxidation sites excluding steroid dienone is 1. The van der Waals surface area contributed by atoms with Crippen molar-refractivity contribution in [3.05, 3.63) is 101 Å². The third kappa shape index (κ3) is 12.5. The number of ketones is 3. The van der Waals surface area contributed by atoms with Crippen LogP contribution in [0.15, 0.2) is 79.0 Å². The van der Waals surface area contributed by atoms with Crippen LogP contribution < -0.4 is 30.9 Å². The van der Waals surface area contributed by atoms with E-state index < -0.39 is 35.2 Å². The van der Waals surface area contributed by atoms with E-state index in [2.05, 4.69) is 55.3 Å². The predicted molar refractivity (Wildman–Crippen MR) is 249 cm³/mol. The number of phenols is 1. The molecule has 3 heterocycles. The summed E-state index contributed by atoms with van der Waals surface area (Å²) in [6.45, 7) is 2.93. The Kier molecular flexibility index (Phi) is 16.6. The molecule has 2 unspecified atom stereocenters. The van der Waals surface area contributed by atoms with Crippen LogP contribution in [0.2, 0.25) is 0 Å². The molecule has 0 spiro atoms. The number of rotatable bonds is 24. The number of amides is 5. The molecule has 5 amide bonds. The molecule has 0 aromatic heterocycles. The molecule has 16 heteroatoms. The highest BCUT2D eigenvalue weighted by atomic mass is 16.5. The molecule has 0 saturated carbocycles. The lowest BCUT2D eigenvalue weighted by Gasteiger charge is -2.35. The van der Waals surface area contributed by atoms with E-state index in [1.54, 1.807) is 30.3 Å². The summed E-state index contributed by atoms with van der Waals surface area (Å²) < 4.78 is 5.66. The van der Waals surface area contributed by atoms with Gasteiger partial charge in [-0.3, -0.25) is 43.7 Å². The Morgan fingerprint density at radius 3 is 2.10 bits per heavy atom. The highest BCUT2D eigenvalue weighted by molar-refractivity contribution is 6.29. The molecule has 4 atom stereocenters. The Morgan fingerprint density at radius 2 is 1.42 bits per heavy atom. The smallest absolute Gasteiger partial charge is 0.257 e. The molecule has 16 nitrogen and oxygen atoms in total. The quantitative estimate of drug-likeness (QED) is 0.0274. The van der Waals surface area contributed by atoms with Crippen LogP contribution >= 0.6 is 0 Å². The van der Waals surface area contributed by atoms with Gasteiger partial charge >= 0.3 is 0 Å². The first-order valence-electron chi connectivity index (χ1n) is 23.6. The second-order valence-electron chi connectivity index (χ2n) is 17.8. The van der Waals surface area contributed by atoms with Gasteiger partial charge in [-0.1, -0.05) is 62.1 Å². The zero-order valence-corrected chi connectivity index (χ0v) is 37.8. The molecule has 2 bridgehead atoms. The minimum Gasteiger partial charge on any atom is -0.507 e. The number of benzene rings is 3. The molecule has 3 aromatic rings. The summed E-state index contributed by atoms with van der Waals surface area (Å²) >= 11 is 0. The van der Waals surface area contributed by atoms with Gasteiger partial charge in [0.2, 0.25) is 23.6 Å². The highest BCUT2D eigenvalue weighted by Gasteiger charge is 2.49. The number of phenolic OH excluding ortho intramolecular Hbond substituents is 1. The summed E-state index contributed by atoms with van der Waals surface area (Å²) in [5.41, 5.74) is 2.81. The number of nitrogens with one attached hydrogen (secondary N) is 4. The molecular weight excluding hydrogens is 857 g/mol. The SMILES string of the molecule is O=C(CCCC(=O)NCCc1ccc(N2C[C@@H]3C[C@H]2CN3/C=C/C(=O)c2ccccc2O)cc1)NCCCCCCCCNC(=O)COc1cccc2c1C(=O)C(C1CCC(=O)NC1=O)C2=O. The van der Waals surface area contributed by atoms with E-state index in [0.29, 0.717) is 63.0 Å². The molecular formula is C51H60N6O10. The average molecular weight is 917 g/mol. The molecule has 0 radical (unpaired) electrons. The number of carbonyl (C=O) groups is 8. The third-order valence-corrected chi connectivity index (χ3v) is 13.1. The van der Waals surface area contributed by atoms with Gasteiger partial charge in [-0.25, -0.2) is 0 Å². The molecule has 3 aromatic carbocycles. The second-order valence-corrected chi connectivity index (χ2v) is 17.8. The zero-order chi connectivity index (χ0) is 47.3. The van der Waals surface area contributed by atoms with Crippen molar-refractivity contribution in [1.82, 2.24) is 26.2 Å². The van der Waals surface area contributed by atoms with Gasteiger partial charge in [-0.05, 0) is 74.4 Å². The van der Waals surface area contributed by atoms with Crippen LogP contribution in [0.3, 0.4) is 0 Å². The van der Waals surface area contributed by atoms with Gasteiger partial charge < -0.3 is 35.6 Å². The first-order chi connectivity index (χ1) is 32.5. The average Bonchev–Trinajstić information content (AvgIpc) is 4.00. The molecule has 7 rings (SSSR count). The number of fused-ring (bicyclic) bond motifs is 3. The van der Waals surface area contributed by atoms with Crippen molar-refractivity contribution >= 4 is 52.6 Å². The fraction of sp³-hybridized carbons (Fsp3) is 0.451. The maximum absolute atomic E-state index is 13.3. The van der Waals surface area contributed by atoms with E-state index in [1.165, 1.54) is 18.2 Å². The molecule has 67 heavy (non-hydrogen) atoms. The summed E-state index contributed by atoms with van der Waals surface area (Å²) in [7, 11) is 0. The largest absolute Gasteiger partial charge is 0.507 e. The van der Waals surface area contributed by atoms with E-state index in [9.17, 15) is 43.5 Å². The lowest BCUT2D eigenvalue weighted by molar-refractivity contribution is -0.137. The normalized spacial score (nSPS) is 19.7. The van der Waals surface area contributed by atoms with Crippen LogP contribution in [0.25, 0.3) is 0 Å². The molecule has 4 aliphatic rings. The van der Waals surface area contributed by atoms with E-state index in [0.717, 1.165) is 69.3 Å². The van der Waals surface area contributed by atoms with Crippen LogP contribution in [-0.2, 0) is 30.4 Å². The third-order valence-electron chi connectivity index (χ3n) is 13.1. The number of para-hydroxylation sites is 1. The number of Topliss-reactive ketones (excluding diaryl/α,β-unsaturated/α-hetero) is 2. The molecule has 1 aliphatic carbocycles. The summed E-state index contributed by atoms with van der Waals surface area (Å²) in [4.78, 5) is 105. The fourth-order valence-corrected chi connectivity index (χ4v) is 9.47. The van der Waals surface area contributed by atoms with Crippen molar-refractivity contribution in [2.45, 2.75) is 95.6 Å². The van der Waals surface area contributed by atoms with E-state index in [1.807, 2.05) is 6.20 Å². The predicted octanol–water partition coefficient (Wildman–Crippen LogP) is 4.58. The summed E-state index contributed by atoms with van der Waals surface area (Å²) in [5, 5.41) is 20.9. The van der Waals surface area contributed by atoms with Crippen molar-refractivity contribution in [3.8, 4) is 11.5 Å². The maximum atomic E-state index is 13.3. The Labute approximate surface area is 390 Å². The number of imide groups is 1. The molecule has 5 N–H and O–H groups in total. The lowest BCUT2D eigenvalue weighted by atomic mass is 9.82. The number of hydrogen-bond acceptors (Lipinski definition) is 12. The monoisotopic (exact) mass is 916 g/mol. The number of ether oxygens (including phenoxy) is 1. The Bertz CT molecular complexity index is 2370. The summed E-state index contributed by atoms with van der Waals surface area (Å²) in [6.07, 6.45) is 11.9. The van der Waals surface area contributed by atoms with Crippen molar-refractivity contribution in [2.24, 2.45) is 11.8 Å². The number of anilines is 1. The maximum Gasteiger partial charge on any atom is 0.257 e. The molecule has 3 fully saturated rings. The van der Waals surface area contributed by atoms with Gasteiger partial charge in [0.25, 0.3) is 5.91 Å². The van der Waals surface area contributed by atoms with Crippen molar-refractivity contribution in [3.63, 3.8) is 0 Å². The molecule has 3 aliphatic heterocycles. The summed E-state index contributed by atoms with van der Waals surface area (Å²) in [5.74, 6) is -4.82. The number of carbonyl (C=O) groups excluding carboxylic acids is 8. The number of unbranched alkanes of at least 4 members (excludes halogenated alkanes) is 5. The standard InChI is InChI=1S/C51H60N6O10/c58-40-13-6-5-11-37(40)41(59)24-28-56-30-36-29-35(56)31-57(36)34-19-17-33(18-20-34)23-27-54-44(61)16-10-15-43(60)52-25-7-3-1-2-4-8-26-53-46(63)32-67-42-14-9-12-38-47(42)50(65)48(49(38)64)39-21-22-45(62)55-51(39)66/h5-6,9,11-14,17-20,24,28,35-36,39,48,58H,1-4,7-8,10,15-16,21-23,25-27,29-32H2,(H,52,60)(H,53,63)(H,54,61)(H,55,62,66)/b28-24+/t35-,36-,39?,48?/m0/s1. The number of nitrogens with zero attached hydrogens (tertiary/aromatic N) is 2. The van der Waals surface area contributed by atoms with Crippen LogP contribution in [0.1, 0.15) is 114 Å². The molecule has 3 saturated heterocycles.